The van der Waals surface area contributed by atoms with Crippen molar-refractivity contribution in [3.63, 3.8) is 0 Å². The number of fused-ring (bicyclic) bond motifs is 1. The van der Waals surface area contributed by atoms with Gasteiger partial charge in [-0.2, -0.15) is 4.68 Å². The molecule has 1 atom stereocenters. The summed E-state index contributed by atoms with van der Waals surface area (Å²) in [5.41, 5.74) is 3.62. The molecule has 0 radical (unpaired) electrons. The lowest BCUT2D eigenvalue weighted by Crippen LogP contribution is -2.31. The van der Waals surface area contributed by atoms with Crippen LogP contribution >= 0.6 is 34.7 Å². The quantitative estimate of drug-likeness (QED) is 0.167. The first-order chi connectivity index (χ1) is 20.1. The Hall–Kier alpha value is -4.26. The summed E-state index contributed by atoms with van der Waals surface area (Å²) in [4.78, 5) is 13.2. The van der Waals surface area contributed by atoms with Gasteiger partial charge < -0.3 is 14.8 Å². The fourth-order valence-electron chi connectivity index (χ4n) is 4.36. The van der Waals surface area contributed by atoms with Crippen LogP contribution in [0, 0.1) is 0 Å². The molecule has 6 rings (SSSR count). The highest BCUT2D eigenvalue weighted by Crippen LogP contribution is 2.38. The number of carbonyl (C=O) groups excluding carboxylic acids is 1. The molecule has 3 heterocycles. The Morgan fingerprint density at radius 3 is 2.71 bits per heavy atom. The van der Waals surface area contributed by atoms with Crippen molar-refractivity contribution in [3.8, 4) is 16.3 Å². The number of benzene rings is 3. The Kier molecular flexibility index (Phi) is 7.94. The summed E-state index contributed by atoms with van der Waals surface area (Å²) in [5.74, 6) is 0.907. The lowest BCUT2D eigenvalue weighted by atomic mass is 9.95. The summed E-state index contributed by atoms with van der Waals surface area (Å²) in [6, 6.07) is 24.2. The summed E-state index contributed by atoms with van der Waals surface area (Å²) in [6.07, 6.45) is 0. The topological polar surface area (TPSA) is 117 Å². The number of nitrogens with zero attached hydrogens (tertiary/aromatic N) is 6. The largest absolute Gasteiger partial charge is 0.489 e. The number of nitrogens with one attached hydrogen (secondary N) is 1. The van der Waals surface area contributed by atoms with Crippen molar-refractivity contribution >= 4 is 46.6 Å². The van der Waals surface area contributed by atoms with E-state index in [1.165, 1.54) is 30.2 Å². The van der Waals surface area contributed by atoms with E-state index in [4.69, 9.17) is 21.1 Å². The van der Waals surface area contributed by atoms with E-state index in [1.54, 1.807) is 4.68 Å². The van der Waals surface area contributed by atoms with Crippen molar-refractivity contribution in [3.05, 3.63) is 106 Å². The standard InChI is InChI=1S/C28H22ClN7O3S2/c1-38-26(37)23-22(16-40-28-33-31-25(41-28)17-8-3-2-4-9-17)30-27-32-34-35-36(27)24(23)18-11-7-12-20(14-18)39-15-19-10-5-6-13-21(19)29/h2-14,24H,15-16H2,1H3,(H,30,32,35). The van der Waals surface area contributed by atoms with E-state index in [0.717, 1.165) is 26.0 Å². The van der Waals surface area contributed by atoms with E-state index in [2.05, 4.69) is 31.0 Å². The fourth-order valence-corrected chi connectivity index (χ4v) is 6.37. The van der Waals surface area contributed by atoms with Gasteiger partial charge in [0.05, 0.1) is 12.7 Å². The zero-order chi connectivity index (χ0) is 28.2. The minimum absolute atomic E-state index is 0.292. The fraction of sp³-hybridized carbons (Fsp3) is 0.143. The monoisotopic (exact) mass is 603 g/mol. The molecular formula is C28H22ClN7O3S2. The van der Waals surface area contributed by atoms with Gasteiger partial charge in [0.1, 0.15) is 23.4 Å². The summed E-state index contributed by atoms with van der Waals surface area (Å²) < 4.78 is 13.6. The number of aromatic nitrogens is 6. The predicted octanol–water partition coefficient (Wildman–Crippen LogP) is 5.66. The van der Waals surface area contributed by atoms with Crippen LogP contribution in [0.5, 0.6) is 5.75 Å². The molecule has 206 valence electrons. The third kappa shape index (κ3) is 5.80. The molecule has 1 N–H and O–H groups in total. The van der Waals surface area contributed by atoms with E-state index in [9.17, 15) is 4.79 Å². The number of rotatable bonds is 9. The molecule has 0 aliphatic carbocycles. The third-order valence-corrected chi connectivity index (χ3v) is 8.80. The molecule has 5 aromatic rings. The van der Waals surface area contributed by atoms with Crippen molar-refractivity contribution in [1.29, 1.82) is 0 Å². The minimum atomic E-state index is -0.650. The number of carbonyl (C=O) groups is 1. The Bertz CT molecular complexity index is 1720. The number of methoxy groups -OCH3 is 1. The van der Waals surface area contributed by atoms with Gasteiger partial charge in [0.15, 0.2) is 4.34 Å². The molecule has 0 amide bonds. The Labute approximate surface area is 248 Å². The average molecular weight is 604 g/mol. The van der Waals surface area contributed by atoms with Crippen LogP contribution in [-0.4, -0.2) is 49.2 Å². The number of esters is 1. The van der Waals surface area contributed by atoms with Gasteiger partial charge in [-0.25, -0.2) is 4.79 Å². The zero-order valence-corrected chi connectivity index (χ0v) is 24.0. The SMILES string of the molecule is COC(=O)C1=C(CSc2nnc(-c3ccccc3)s2)Nc2nnnn2C1c1cccc(OCc2ccccc2Cl)c1. The van der Waals surface area contributed by atoms with Crippen LogP contribution in [0.4, 0.5) is 5.95 Å². The Morgan fingerprint density at radius 1 is 1.05 bits per heavy atom. The van der Waals surface area contributed by atoms with E-state index in [0.29, 0.717) is 40.4 Å². The number of tetrazole rings is 1. The van der Waals surface area contributed by atoms with Crippen LogP contribution in [0.3, 0.4) is 0 Å². The smallest absolute Gasteiger partial charge is 0.338 e. The molecular weight excluding hydrogens is 582 g/mol. The first-order valence-electron chi connectivity index (χ1n) is 12.4. The van der Waals surface area contributed by atoms with Crippen molar-refractivity contribution in [2.24, 2.45) is 0 Å². The summed E-state index contributed by atoms with van der Waals surface area (Å²) in [7, 11) is 1.35. The van der Waals surface area contributed by atoms with Crippen LogP contribution < -0.4 is 10.1 Å². The first kappa shape index (κ1) is 26.9. The highest BCUT2D eigenvalue weighted by Gasteiger charge is 2.36. The maximum atomic E-state index is 13.2. The number of thioether (sulfide) groups is 1. The highest BCUT2D eigenvalue weighted by atomic mass is 35.5. The molecule has 0 saturated heterocycles. The molecule has 41 heavy (non-hydrogen) atoms. The number of anilines is 1. The van der Waals surface area contributed by atoms with Crippen molar-refractivity contribution in [2.45, 2.75) is 17.0 Å². The van der Waals surface area contributed by atoms with Crippen LogP contribution in [0.2, 0.25) is 5.02 Å². The lowest BCUT2D eigenvalue weighted by Gasteiger charge is -2.28. The second-order valence-corrected chi connectivity index (χ2v) is 11.4. The minimum Gasteiger partial charge on any atom is -0.489 e. The second-order valence-electron chi connectivity index (χ2n) is 8.84. The summed E-state index contributed by atoms with van der Waals surface area (Å²) in [5, 5.41) is 25.5. The number of halogens is 1. The van der Waals surface area contributed by atoms with E-state index in [-0.39, 0.29) is 0 Å². The van der Waals surface area contributed by atoms with E-state index < -0.39 is 12.0 Å². The maximum Gasteiger partial charge on any atom is 0.338 e. The lowest BCUT2D eigenvalue weighted by molar-refractivity contribution is -0.136. The molecule has 0 fully saturated rings. The van der Waals surface area contributed by atoms with Crippen LogP contribution in [0.25, 0.3) is 10.6 Å². The van der Waals surface area contributed by atoms with Gasteiger partial charge in [-0.1, -0.05) is 100 Å². The molecule has 2 aromatic heterocycles. The van der Waals surface area contributed by atoms with Crippen LogP contribution in [0.1, 0.15) is 17.2 Å². The van der Waals surface area contributed by atoms with E-state index in [1.807, 2.05) is 78.9 Å². The molecule has 10 nitrogen and oxygen atoms in total. The number of hydrogen-bond acceptors (Lipinski definition) is 11. The molecule has 0 spiro atoms. The van der Waals surface area contributed by atoms with Gasteiger partial charge in [0.2, 0.25) is 5.95 Å². The molecule has 1 unspecified atom stereocenters. The summed E-state index contributed by atoms with van der Waals surface area (Å²) in [6.45, 7) is 0.292. The first-order valence-corrected chi connectivity index (χ1v) is 14.6. The molecule has 0 saturated carbocycles. The molecule has 1 aliphatic rings. The van der Waals surface area contributed by atoms with Gasteiger partial charge >= 0.3 is 5.97 Å². The molecule has 3 aromatic carbocycles. The third-order valence-electron chi connectivity index (χ3n) is 6.30. The van der Waals surface area contributed by atoms with Gasteiger partial charge in [-0.05, 0) is 34.2 Å². The van der Waals surface area contributed by atoms with Gasteiger partial charge in [0, 0.05) is 27.6 Å². The van der Waals surface area contributed by atoms with Gasteiger partial charge in [0.25, 0.3) is 0 Å². The molecule has 1 aliphatic heterocycles. The summed E-state index contributed by atoms with van der Waals surface area (Å²) >= 11 is 9.24. The molecule has 13 heteroatoms. The second kappa shape index (κ2) is 12.1. The van der Waals surface area contributed by atoms with Crippen molar-refractivity contribution < 1.29 is 14.3 Å². The van der Waals surface area contributed by atoms with Crippen LogP contribution in [0.15, 0.2) is 94.5 Å². The van der Waals surface area contributed by atoms with Crippen molar-refractivity contribution in [2.75, 3.05) is 18.2 Å². The normalized spacial score (nSPS) is 14.3. The Morgan fingerprint density at radius 2 is 1.88 bits per heavy atom. The van der Waals surface area contributed by atoms with Gasteiger partial charge in [-0.15, -0.1) is 10.2 Å². The predicted molar refractivity (Wildman–Crippen MR) is 157 cm³/mol. The highest BCUT2D eigenvalue weighted by molar-refractivity contribution is 8.01. The Balaban J connectivity index is 1.30. The average Bonchev–Trinajstić information content (AvgIpc) is 3.69. The molecule has 0 bridgehead atoms. The van der Waals surface area contributed by atoms with Gasteiger partial charge in [-0.3, -0.25) is 0 Å². The number of hydrogen-bond donors (Lipinski definition) is 1. The zero-order valence-electron chi connectivity index (χ0n) is 21.6. The maximum absolute atomic E-state index is 13.2. The van der Waals surface area contributed by atoms with Crippen LogP contribution in [-0.2, 0) is 16.1 Å². The number of ether oxygens (including phenoxy) is 2. The van der Waals surface area contributed by atoms with Crippen molar-refractivity contribution in [1.82, 2.24) is 30.4 Å². The van der Waals surface area contributed by atoms with E-state index >= 15 is 0 Å².